The minimum atomic E-state index is -3.51. The first-order valence-corrected chi connectivity index (χ1v) is 15.8. The van der Waals surface area contributed by atoms with Crippen molar-refractivity contribution in [1.29, 1.82) is 0 Å². The van der Waals surface area contributed by atoms with Crippen LogP contribution in [0.25, 0.3) is 10.3 Å². The summed E-state index contributed by atoms with van der Waals surface area (Å²) in [6, 6.07) is 9.95. The zero-order valence-electron chi connectivity index (χ0n) is 22.7. The second-order valence-corrected chi connectivity index (χ2v) is 13.3. The molecule has 2 fully saturated rings. The molecule has 0 spiro atoms. The van der Waals surface area contributed by atoms with Gasteiger partial charge in [-0.1, -0.05) is 23.5 Å². The molecular weight excluding hydrogens is 552 g/mol. The lowest BCUT2D eigenvalue weighted by Crippen LogP contribution is -2.27. The Bertz CT molecular complexity index is 1460. The molecule has 0 bridgehead atoms. The number of thiazole rings is 1. The molecule has 0 saturated carbocycles. The third kappa shape index (κ3) is 6.77. The molecule has 4 heterocycles. The smallest absolute Gasteiger partial charge is 0.278 e. The van der Waals surface area contributed by atoms with E-state index in [1.807, 2.05) is 25.2 Å². The van der Waals surface area contributed by atoms with Crippen LogP contribution < -0.4 is 10.1 Å². The van der Waals surface area contributed by atoms with Gasteiger partial charge in [-0.05, 0) is 58.0 Å². The van der Waals surface area contributed by atoms with E-state index in [0.717, 1.165) is 38.9 Å². The van der Waals surface area contributed by atoms with Crippen LogP contribution in [0.3, 0.4) is 0 Å². The molecule has 2 aliphatic rings. The van der Waals surface area contributed by atoms with E-state index in [2.05, 4.69) is 25.3 Å². The summed E-state index contributed by atoms with van der Waals surface area (Å²) in [5.74, 6) is 0.0918. The molecule has 1 amide bonds. The van der Waals surface area contributed by atoms with Crippen molar-refractivity contribution in [1.82, 2.24) is 19.9 Å². The minimum absolute atomic E-state index is 0.201. The van der Waals surface area contributed by atoms with E-state index in [0.29, 0.717) is 46.6 Å². The summed E-state index contributed by atoms with van der Waals surface area (Å²) in [5.41, 5.74) is 1.38. The molecule has 3 aromatic rings. The Morgan fingerprint density at radius 2 is 1.95 bits per heavy atom. The summed E-state index contributed by atoms with van der Waals surface area (Å²) in [7, 11) is 0.532. The van der Waals surface area contributed by atoms with Crippen molar-refractivity contribution >= 4 is 48.3 Å². The first kappa shape index (κ1) is 28.4. The van der Waals surface area contributed by atoms with E-state index in [1.54, 1.807) is 18.2 Å². The molecule has 40 heavy (non-hydrogen) atoms. The summed E-state index contributed by atoms with van der Waals surface area (Å²) >= 11 is 1.26. The molecule has 11 nitrogen and oxygen atoms in total. The number of nitrogens with zero attached hydrogens (tertiary/aromatic N) is 5. The highest BCUT2D eigenvalue weighted by Crippen LogP contribution is 2.27. The molecular formula is C27H34N6O5S2. The van der Waals surface area contributed by atoms with Crippen molar-refractivity contribution in [3.05, 3.63) is 42.0 Å². The van der Waals surface area contributed by atoms with Gasteiger partial charge in [0.25, 0.3) is 5.91 Å². The third-order valence-electron chi connectivity index (χ3n) is 6.77. The van der Waals surface area contributed by atoms with Crippen LogP contribution in [0.2, 0.25) is 0 Å². The van der Waals surface area contributed by atoms with Gasteiger partial charge in [0.05, 0.1) is 23.4 Å². The standard InChI is InChI=1S/C27H34N6O5S2/c1-32(2)13-5-16-38-23-11-10-22-26(29-23)39-27(28-22)30-25(34)24(31-33-14-3-4-15-33)19-6-8-20(9-7-19)40(35,36)21-12-17-37-18-21/h6-11,21H,3-5,12-18H2,1-2H3,(H,28,30,34)/t21-/m0/s1. The minimum Gasteiger partial charge on any atom is -0.478 e. The predicted molar refractivity (Wildman–Crippen MR) is 155 cm³/mol. The lowest BCUT2D eigenvalue weighted by Gasteiger charge is -2.15. The van der Waals surface area contributed by atoms with Gasteiger partial charge in [-0.2, -0.15) is 5.10 Å². The summed E-state index contributed by atoms with van der Waals surface area (Å²) in [5, 5.41) is 9.23. The largest absolute Gasteiger partial charge is 0.478 e. The number of aromatic nitrogens is 2. The Balaban J connectivity index is 1.33. The van der Waals surface area contributed by atoms with Crippen LogP contribution in [-0.2, 0) is 19.4 Å². The van der Waals surface area contributed by atoms with Crippen molar-refractivity contribution in [3.8, 4) is 5.88 Å². The second kappa shape index (κ2) is 12.6. The number of carbonyl (C=O) groups is 1. The zero-order chi connectivity index (χ0) is 28.1. The number of fused-ring (bicyclic) bond motifs is 1. The number of anilines is 1. The van der Waals surface area contributed by atoms with Gasteiger partial charge in [-0.3, -0.25) is 15.1 Å². The Hall–Kier alpha value is -3.13. The number of nitrogens with one attached hydrogen (secondary N) is 1. The van der Waals surface area contributed by atoms with Crippen LogP contribution in [0.15, 0.2) is 46.4 Å². The summed E-state index contributed by atoms with van der Waals surface area (Å²) in [6.45, 7) is 3.65. The van der Waals surface area contributed by atoms with E-state index < -0.39 is 21.0 Å². The number of benzene rings is 1. The zero-order valence-corrected chi connectivity index (χ0v) is 24.3. The second-order valence-electron chi connectivity index (χ2n) is 10.1. The van der Waals surface area contributed by atoms with Crippen molar-refractivity contribution in [2.75, 3.05) is 58.9 Å². The number of carbonyl (C=O) groups excluding carboxylic acids is 1. The lowest BCUT2D eigenvalue weighted by molar-refractivity contribution is -0.110. The lowest BCUT2D eigenvalue weighted by atomic mass is 10.1. The number of hydrogen-bond donors (Lipinski definition) is 1. The van der Waals surface area contributed by atoms with Crippen LogP contribution >= 0.6 is 11.3 Å². The number of sulfone groups is 1. The quantitative estimate of drug-likeness (QED) is 0.267. The van der Waals surface area contributed by atoms with E-state index >= 15 is 0 Å². The Morgan fingerprint density at radius 3 is 2.65 bits per heavy atom. The van der Waals surface area contributed by atoms with Crippen LogP contribution in [0, 0.1) is 0 Å². The Morgan fingerprint density at radius 1 is 1.18 bits per heavy atom. The number of pyridine rings is 1. The van der Waals surface area contributed by atoms with Crippen LogP contribution in [0.4, 0.5) is 5.13 Å². The summed E-state index contributed by atoms with van der Waals surface area (Å²) < 4.78 is 37.0. The molecule has 13 heteroatoms. The highest BCUT2D eigenvalue weighted by molar-refractivity contribution is 7.92. The molecule has 0 aliphatic carbocycles. The van der Waals surface area contributed by atoms with Gasteiger partial charge in [0, 0.05) is 37.9 Å². The molecule has 2 aromatic heterocycles. The maximum atomic E-state index is 13.5. The van der Waals surface area contributed by atoms with Crippen molar-refractivity contribution in [2.24, 2.45) is 5.10 Å². The van der Waals surface area contributed by atoms with Crippen molar-refractivity contribution in [3.63, 3.8) is 0 Å². The third-order valence-corrected chi connectivity index (χ3v) is 9.83. The fraction of sp³-hybridized carbons (Fsp3) is 0.481. The first-order chi connectivity index (χ1) is 19.3. The number of hydrogen-bond acceptors (Lipinski definition) is 11. The number of amides is 1. The highest BCUT2D eigenvalue weighted by atomic mass is 32.2. The molecule has 0 radical (unpaired) electrons. The average Bonchev–Trinajstić information content (AvgIpc) is 3.72. The molecule has 2 saturated heterocycles. The van der Waals surface area contributed by atoms with Gasteiger partial charge in [0.2, 0.25) is 5.88 Å². The van der Waals surface area contributed by atoms with E-state index in [4.69, 9.17) is 9.47 Å². The van der Waals surface area contributed by atoms with E-state index in [9.17, 15) is 13.2 Å². The number of ether oxygens (including phenoxy) is 2. The molecule has 1 N–H and O–H groups in total. The highest BCUT2D eigenvalue weighted by Gasteiger charge is 2.31. The van der Waals surface area contributed by atoms with Crippen molar-refractivity contribution in [2.45, 2.75) is 35.8 Å². The van der Waals surface area contributed by atoms with Crippen LogP contribution in [0.5, 0.6) is 5.88 Å². The average molecular weight is 587 g/mol. The molecule has 0 unspecified atom stereocenters. The normalized spacial score (nSPS) is 18.1. The fourth-order valence-corrected chi connectivity index (χ4v) is 6.98. The SMILES string of the molecule is CN(C)CCCOc1ccc2nc(NC(=O)C(=NN3CCCC3)c3ccc(S(=O)(=O)[C@H]4CCOC4)cc3)sc2n1. The summed E-state index contributed by atoms with van der Waals surface area (Å²) in [6.07, 6.45) is 3.37. The Kier molecular flexibility index (Phi) is 8.94. The number of rotatable bonds is 11. The van der Waals surface area contributed by atoms with E-state index in [-0.39, 0.29) is 17.2 Å². The van der Waals surface area contributed by atoms with Crippen LogP contribution in [0.1, 0.15) is 31.2 Å². The predicted octanol–water partition coefficient (Wildman–Crippen LogP) is 3.02. The van der Waals surface area contributed by atoms with Gasteiger partial charge in [-0.25, -0.2) is 18.4 Å². The Labute approximate surface area is 238 Å². The van der Waals surface area contributed by atoms with Gasteiger partial charge < -0.3 is 14.4 Å². The van der Waals surface area contributed by atoms with Crippen LogP contribution in [-0.4, -0.2) is 98.7 Å². The van der Waals surface area contributed by atoms with E-state index in [1.165, 1.54) is 23.5 Å². The van der Waals surface area contributed by atoms with Crippen molar-refractivity contribution < 1.29 is 22.7 Å². The topological polar surface area (TPSA) is 126 Å². The number of hydrazone groups is 1. The van der Waals surface area contributed by atoms with Gasteiger partial charge in [-0.15, -0.1) is 0 Å². The summed E-state index contributed by atoms with van der Waals surface area (Å²) in [4.78, 5) is 25.5. The van der Waals surface area contributed by atoms with Gasteiger partial charge >= 0.3 is 0 Å². The van der Waals surface area contributed by atoms with Gasteiger partial charge in [0.15, 0.2) is 20.7 Å². The fourth-order valence-electron chi connectivity index (χ4n) is 4.58. The van der Waals surface area contributed by atoms with Gasteiger partial charge in [0.1, 0.15) is 10.3 Å². The molecule has 1 atom stereocenters. The maximum absolute atomic E-state index is 13.5. The first-order valence-electron chi connectivity index (χ1n) is 13.4. The molecule has 5 rings (SSSR count). The monoisotopic (exact) mass is 586 g/mol. The molecule has 1 aromatic carbocycles. The maximum Gasteiger partial charge on any atom is 0.278 e. The molecule has 214 valence electrons. The molecule has 2 aliphatic heterocycles.